The molecule has 0 fully saturated rings. The fraction of sp³-hybridized carbons (Fsp3) is 0.375. The van der Waals surface area contributed by atoms with Crippen molar-refractivity contribution in [3.05, 3.63) is 10.7 Å². The third kappa shape index (κ3) is 2.58. The number of hydrogen-bond donors (Lipinski definition) is 0. The first kappa shape index (κ1) is 14.4. The van der Waals surface area contributed by atoms with Crippen molar-refractivity contribution in [1.82, 2.24) is 9.78 Å². The molecule has 0 aromatic carbocycles. The normalized spacial score (nSPS) is 10.8. The van der Waals surface area contributed by atoms with Crippen LogP contribution in [0.2, 0.25) is 5.15 Å². The van der Waals surface area contributed by atoms with Gasteiger partial charge in [0.25, 0.3) is 6.08 Å². The molecular formula is C8H8ClN3O5S. The van der Waals surface area contributed by atoms with Crippen LogP contribution in [0.1, 0.15) is 17.3 Å². The summed E-state index contributed by atoms with van der Waals surface area (Å²) in [6, 6.07) is 0. The van der Waals surface area contributed by atoms with Crippen LogP contribution in [-0.4, -0.2) is 36.9 Å². The lowest BCUT2D eigenvalue weighted by atomic mass is 10.4. The molecule has 0 atom stereocenters. The molecule has 0 saturated heterocycles. The number of carbonyl (C=O) groups excluding carboxylic acids is 2. The van der Waals surface area contributed by atoms with Gasteiger partial charge in [0.2, 0.25) is 0 Å². The summed E-state index contributed by atoms with van der Waals surface area (Å²) in [5, 5.41) is 2.61. The fourth-order valence-corrected chi connectivity index (χ4v) is 2.57. The van der Waals surface area contributed by atoms with E-state index in [4.69, 9.17) is 11.6 Å². The maximum atomic E-state index is 11.6. The van der Waals surface area contributed by atoms with E-state index >= 15 is 0 Å². The molecule has 1 rings (SSSR count). The van der Waals surface area contributed by atoms with E-state index in [1.165, 1.54) is 7.05 Å². The van der Waals surface area contributed by atoms with Crippen LogP contribution < -0.4 is 0 Å². The maximum absolute atomic E-state index is 11.6. The number of sulfonamides is 1. The van der Waals surface area contributed by atoms with Gasteiger partial charge in [0.1, 0.15) is 5.56 Å². The Morgan fingerprint density at radius 3 is 2.72 bits per heavy atom. The van der Waals surface area contributed by atoms with Crippen molar-refractivity contribution in [1.29, 1.82) is 0 Å². The first-order chi connectivity index (χ1) is 8.35. The molecule has 0 unspecified atom stereocenters. The van der Waals surface area contributed by atoms with Crippen LogP contribution in [0, 0.1) is 0 Å². The van der Waals surface area contributed by atoms with Gasteiger partial charge >= 0.3 is 16.0 Å². The molecule has 0 amide bonds. The summed E-state index contributed by atoms with van der Waals surface area (Å²) in [4.78, 5) is 21.7. The highest BCUT2D eigenvalue weighted by Crippen LogP contribution is 2.25. The van der Waals surface area contributed by atoms with Crippen molar-refractivity contribution in [2.75, 3.05) is 6.61 Å². The number of aryl methyl sites for hydroxylation is 1. The van der Waals surface area contributed by atoms with Gasteiger partial charge in [0, 0.05) is 7.05 Å². The van der Waals surface area contributed by atoms with E-state index in [2.05, 4.69) is 14.2 Å². The highest BCUT2D eigenvalue weighted by molar-refractivity contribution is 7.90. The third-order valence-corrected chi connectivity index (χ3v) is 3.37. The number of rotatable bonds is 4. The average Bonchev–Trinajstić information content (AvgIpc) is 2.54. The molecule has 0 N–H and O–H groups in total. The second kappa shape index (κ2) is 5.30. The van der Waals surface area contributed by atoms with Crippen LogP contribution in [0.15, 0.2) is 9.42 Å². The van der Waals surface area contributed by atoms with Gasteiger partial charge in [0.15, 0.2) is 10.2 Å². The van der Waals surface area contributed by atoms with E-state index in [-0.39, 0.29) is 11.8 Å². The van der Waals surface area contributed by atoms with Crippen LogP contribution in [0.4, 0.5) is 0 Å². The molecule has 0 bridgehead atoms. The van der Waals surface area contributed by atoms with E-state index < -0.39 is 26.6 Å². The molecule has 0 saturated carbocycles. The zero-order valence-corrected chi connectivity index (χ0v) is 10.9. The molecule has 0 aliphatic rings. The van der Waals surface area contributed by atoms with Crippen molar-refractivity contribution in [2.45, 2.75) is 11.9 Å². The highest BCUT2D eigenvalue weighted by atomic mass is 35.5. The highest BCUT2D eigenvalue weighted by Gasteiger charge is 2.31. The summed E-state index contributed by atoms with van der Waals surface area (Å²) in [5.41, 5.74) is -0.458. The largest absolute Gasteiger partial charge is 0.462 e. The Kier molecular flexibility index (Phi) is 4.23. The zero-order valence-electron chi connectivity index (χ0n) is 9.38. The quantitative estimate of drug-likeness (QED) is 0.448. The molecule has 0 spiro atoms. The summed E-state index contributed by atoms with van der Waals surface area (Å²) in [6.45, 7) is 1.57. The Balaban J connectivity index is 3.54. The second-order valence-corrected chi connectivity index (χ2v) is 4.85. The first-order valence-electron chi connectivity index (χ1n) is 4.59. The monoisotopic (exact) mass is 293 g/mol. The molecule has 98 valence electrons. The van der Waals surface area contributed by atoms with Crippen molar-refractivity contribution in [2.24, 2.45) is 11.4 Å². The Hall–Kier alpha value is -1.70. The maximum Gasteiger partial charge on any atom is 0.344 e. The van der Waals surface area contributed by atoms with E-state index in [9.17, 15) is 18.0 Å². The third-order valence-electron chi connectivity index (χ3n) is 1.83. The predicted molar refractivity (Wildman–Crippen MR) is 59.5 cm³/mol. The average molecular weight is 294 g/mol. The van der Waals surface area contributed by atoms with Gasteiger partial charge in [-0.15, -0.1) is 0 Å². The van der Waals surface area contributed by atoms with Crippen molar-refractivity contribution in [3.63, 3.8) is 0 Å². The Morgan fingerprint density at radius 1 is 1.61 bits per heavy atom. The Morgan fingerprint density at radius 2 is 2.22 bits per heavy atom. The van der Waals surface area contributed by atoms with Gasteiger partial charge in [-0.2, -0.15) is 13.5 Å². The number of carbonyl (C=O) groups is 1. The number of aromatic nitrogens is 2. The number of halogens is 1. The lowest BCUT2D eigenvalue weighted by Gasteiger charge is -2.02. The molecular weight excluding hydrogens is 286 g/mol. The lowest BCUT2D eigenvalue weighted by molar-refractivity contribution is 0.0521. The van der Waals surface area contributed by atoms with Gasteiger partial charge in [-0.25, -0.2) is 9.59 Å². The number of esters is 1. The Labute approximate surface area is 107 Å². The van der Waals surface area contributed by atoms with E-state index in [1.54, 1.807) is 6.92 Å². The minimum Gasteiger partial charge on any atom is -0.462 e. The minimum atomic E-state index is -4.40. The lowest BCUT2D eigenvalue weighted by Crippen LogP contribution is -2.12. The van der Waals surface area contributed by atoms with E-state index in [1.807, 2.05) is 0 Å². The molecule has 0 aliphatic heterocycles. The van der Waals surface area contributed by atoms with Gasteiger partial charge in [-0.3, -0.25) is 4.68 Å². The molecule has 1 aromatic rings. The summed E-state index contributed by atoms with van der Waals surface area (Å²) in [7, 11) is -3.16. The second-order valence-electron chi connectivity index (χ2n) is 2.97. The summed E-state index contributed by atoms with van der Waals surface area (Å²) < 4.78 is 31.4. The molecule has 0 radical (unpaired) electrons. The summed E-state index contributed by atoms with van der Waals surface area (Å²) >= 11 is 5.65. The number of isocyanates is 1. The molecule has 10 heteroatoms. The number of ether oxygens (including phenoxy) is 1. The predicted octanol–water partition coefficient (Wildman–Crippen LogP) is 0.275. The van der Waals surface area contributed by atoms with Gasteiger partial charge < -0.3 is 4.74 Å². The first-order valence-corrected chi connectivity index (χ1v) is 6.40. The molecule has 18 heavy (non-hydrogen) atoms. The smallest absolute Gasteiger partial charge is 0.344 e. The summed E-state index contributed by atoms with van der Waals surface area (Å²) in [6.07, 6.45) is 0.892. The minimum absolute atomic E-state index is 0.0283. The topological polar surface area (TPSA) is 108 Å². The van der Waals surface area contributed by atoms with Crippen molar-refractivity contribution in [3.8, 4) is 0 Å². The fourth-order valence-electron chi connectivity index (χ4n) is 1.24. The zero-order chi connectivity index (χ0) is 13.9. The van der Waals surface area contributed by atoms with Gasteiger partial charge in [-0.05, 0) is 6.92 Å². The van der Waals surface area contributed by atoms with Crippen LogP contribution in [-0.2, 0) is 26.6 Å². The SMILES string of the molecule is CCOC(=O)c1c(Cl)nn(C)c1S(=O)(=O)N=C=O. The van der Waals surface area contributed by atoms with Crippen molar-refractivity contribution >= 4 is 33.7 Å². The van der Waals surface area contributed by atoms with Crippen LogP contribution in [0.3, 0.4) is 0 Å². The van der Waals surface area contributed by atoms with E-state index in [0.29, 0.717) is 0 Å². The van der Waals surface area contributed by atoms with Crippen LogP contribution in [0.5, 0.6) is 0 Å². The standard InChI is InChI=1S/C8H8ClN3O5S/c1-3-17-8(14)5-6(9)11-12(2)7(5)18(15,16)10-4-13/h3H2,1-2H3. The molecule has 1 aromatic heterocycles. The molecule has 1 heterocycles. The molecule has 0 aliphatic carbocycles. The van der Waals surface area contributed by atoms with Gasteiger partial charge in [-0.1, -0.05) is 16.0 Å². The Bertz CT molecular complexity index is 629. The molecule has 8 nitrogen and oxygen atoms in total. The van der Waals surface area contributed by atoms with Crippen molar-refractivity contribution < 1.29 is 22.7 Å². The number of nitrogens with zero attached hydrogens (tertiary/aromatic N) is 3. The van der Waals surface area contributed by atoms with Gasteiger partial charge in [0.05, 0.1) is 6.61 Å². The van der Waals surface area contributed by atoms with E-state index in [0.717, 1.165) is 10.8 Å². The van der Waals surface area contributed by atoms with Crippen LogP contribution in [0.25, 0.3) is 0 Å². The summed E-state index contributed by atoms with van der Waals surface area (Å²) in [5.74, 6) is -0.963. The number of hydrogen-bond acceptors (Lipinski definition) is 6. The van der Waals surface area contributed by atoms with Crippen LogP contribution >= 0.6 is 11.6 Å².